The summed E-state index contributed by atoms with van der Waals surface area (Å²) in [6, 6.07) is -0.374. The number of hydrogen-bond acceptors (Lipinski definition) is 3. The number of carbonyl (C=O) groups excluding carboxylic acids is 2. The quantitative estimate of drug-likeness (QED) is 0.278. The predicted octanol–water partition coefficient (Wildman–Crippen LogP) is 5.31. The number of aliphatic hydroxyl groups is 1. The van der Waals surface area contributed by atoms with Crippen molar-refractivity contribution in [3.63, 3.8) is 0 Å². The maximum Gasteiger partial charge on any atom is 0.261 e. The molecule has 2 heterocycles. The normalized spacial score (nSPS) is 44.5. The Balaban J connectivity index is 1.59. The maximum absolute atomic E-state index is 12.8. The van der Waals surface area contributed by atoms with Crippen LogP contribution in [0, 0.1) is 34.5 Å². The Labute approximate surface area is 191 Å². The lowest BCUT2D eigenvalue weighted by molar-refractivity contribution is -0.125. The van der Waals surface area contributed by atoms with Crippen LogP contribution >= 0.6 is 0 Å². The number of aliphatic hydroxyl groups excluding tert-OH is 1. The summed E-state index contributed by atoms with van der Waals surface area (Å²) >= 11 is 0. The number of Topliss-reactive ketones (excluding diaryl/α,β-unsaturated/α-hetero) is 1. The van der Waals surface area contributed by atoms with Gasteiger partial charge in [0, 0.05) is 12.0 Å². The van der Waals surface area contributed by atoms with Crippen molar-refractivity contribution >= 4 is 11.7 Å². The Bertz CT molecular complexity index is 1050. The van der Waals surface area contributed by atoms with Crippen LogP contribution < -0.4 is 0 Å². The largest absolute Gasteiger partial charge is 0.507 e. The molecule has 2 saturated heterocycles. The molecule has 7 atom stereocenters. The topological polar surface area (TPSA) is 57.6 Å². The second-order valence-electron chi connectivity index (χ2n) is 11.3. The van der Waals surface area contributed by atoms with E-state index in [1.54, 1.807) is 11.0 Å². The van der Waals surface area contributed by atoms with Crippen molar-refractivity contribution in [2.75, 3.05) is 6.54 Å². The molecule has 0 radical (unpaired) electrons. The number of ketones is 1. The van der Waals surface area contributed by atoms with Crippen molar-refractivity contribution < 1.29 is 14.7 Å². The first kappa shape index (κ1) is 21.5. The van der Waals surface area contributed by atoms with Crippen molar-refractivity contribution in [2.24, 2.45) is 34.5 Å². The second kappa shape index (κ2) is 6.82. The van der Waals surface area contributed by atoms with Crippen molar-refractivity contribution in [2.45, 2.75) is 60.4 Å². The van der Waals surface area contributed by atoms with Gasteiger partial charge in [0.15, 0.2) is 5.78 Å². The van der Waals surface area contributed by atoms with Gasteiger partial charge in [0.2, 0.25) is 0 Å². The van der Waals surface area contributed by atoms with Gasteiger partial charge < -0.3 is 10.0 Å². The summed E-state index contributed by atoms with van der Waals surface area (Å²) in [5.74, 6) is 0.657. The van der Waals surface area contributed by atoms with Gasteiger partial charge in [-0.3, -0.25) is 9.59 Å². The zero-order valence-electron chi connectivity index (χ0n) is 20.1. The van der Waals surface area contributed by atoms with E-state index in [2.05, 4.69) is 65.8 Å². The van der Waals surface area contributed by atoms with Crippen LogP contribution in [0.25, 0.3) is 0 Å². The van der Waals surface area contributed by atoms with Crippen molar-refractivity contribution in [1.29, 1.82) is 0 Å². The van der Waals surface area contributed by atoms with E-state index in [9.17, 15) is 14.7 Å². The standard InChI is InChI=1S/C28H35NO3/c1-15-12-27(5)13-17(3)24-22(16(2)14-28(24,6)18(15)4)19(27)9-10-21(30)23-25(31)20-8-7-11-29(20)26(23)32/h9-10,12-14,18-20,22,24,30H,7-8,11H2,1-6H3/t18-,19+,20?,22+,24+,27+,28-/m0/s1. The molecule has 170 valence electrons. The number of nitrogens with zero attached hydrogens (tertiary/aromatic N) is 1. The Morgan fingerprint density at radius 2 is 1.78 bits per heavy atom. The van der Waals surface area contributed by atoms with Gasteiger partial charge in [0.25, 0.3) is 5.91 Å². The molecule has 0 aromatic carbocycles. The number of hydrogen-bond donors (Lipinski definition) is 1. The molecule has 3 aliphatic carbocycles. The molecule has 2 aliphatic heterocycles. The van der Waals surface area contributed by atoms with Crippen LogP contribution in [0.15, 0.2) is 58.4 Å². The summed E-state index contributed by atoms with van der Waals surface area (Å²) in [7, 11) is 0. The molecule has 0 aromatic heterocycles. The fraction of sp³-hybridized carbons (Fsp3) is 0.571. The Kier molecular flexibility index (Phi) is 4.58. The van der Waals surface area contributed by atoms with Crippen LogP contribution in [0.5, 0.6) is 0 Å². The zero-order valence-corrected chi connectivity index (χ0v) is 20.1. The fourth-order valence-electron chi connectivity index (χ4n) is 7.83. The van der Waals surface area contributed by atoms with E-state index in [0.717, 1.165) is 6.42 Å². The Hall–Kier alpha value is -2.36. The van der Waals surface area contributed by atoms with Crippen molar-refractivity contribution in [3.8, 4) is 0 Å². The van der Waals surface area contributed by atoms with Gasteiger partial charge in [-0.15, -0.1) is 0 Å². The molecule has 1 N–H and O–H groups in total. The van der Waals surface area contributed by atoms with Gasteiger partial charge in [-0.2, -0.15) is 0 Å². The van der Waals surface area contributed by atoms with E-state index >= 15 is 0 Å². The number of fused-ring (bicyclic) bond motifs is 2. The van der Waals surface area contributed by atoms with Crippen LogP contribution in [0.1, 0.15) is 54.4 Å². The zero-order chi connectivity index (χ0) is 23.2. The van der Waals surface area contributed by atoms with Gasteiger partial charge in [-0.1, -0.05) is 61.8 Å². The molecular weight excluding hydrogens is 398 g/mol. The van der Waals surface area contributed by atoms with E-state index in [1.165, 1.54) is 16.7 Å². The summed E-state index contributed by atoms with van der Waals surface area (Å²) in [5, 5.41) is 10.9. The van der Waals surface area contributed by atoms with Gasteiger partial charge in [0.05, 0.1) is 6.04 Å². The minimum atomic E-state index is -0.374. The summed E-state index contributed by atoms with van der Waals surface area (Å²) in [4.78, 5) is 27.2. The highest BCUT2D eigenvalue weighted by Gasteiger charge is 2.56. The number of amides is 1. The first-order chi connectivity index (χ1) is 15.0. The molecule has 1 unspecified atom stereocenters. The molecule has 5 rings (SSSR count). The first-order valence-corrected chi connectivity index (χ1v) is 12.0. The summed E-state index contributed by atoms with van der Waals surface area (Å²) in [6.45, 7) is 14.4. The molecule has 2 bridgehead atoms. The monoisotopic (exact) mass is 433 g/mol. The first-order valence-electron chi connectivity index (χ1n) is 12.0. The average molecular weight is 434 g/mol. The maximum atomic E-state index is 12.8. The third-order valence-electron chi connectivity index (χ3n) is 9.38. The third kappa shape index (κ3) is 2.67. The summed E-state index contributed by atoms with van der Waals surface area (Å²) in [5.41, 5.74) is 4.10. The molecule has 0 saturated carbocycles. The molecule has 4 heteroatoms. The van der Waals surface area contributed by atoms with Crippen molar-refractivity contribution in [1.82, 2.24) is 4.90 Å². The molecule has 0 aromatic rings. The highest BCUT2D eigenvalue weighted by Crippen LogP contribution is 2.64. The summed E-state index contributed by atoms with van der Waals surface area (Å²) < 4.78 is 0. The van der Waals surface area contributed by atoms with Gasteiger partial charge in [0.1, 0.15) is 11.3 Å². The smallest absolute Gasteiger partial charge is 0.261 e. The van der Waals surface area contributed by atoms with E-state index in [1.807, 2.05) is 0 Å². The van der Waals surface area contributed by atoms with Crippen LogP contribution in [0.3, 0.4) is 0 Å². The van der Waals surface area contributed by atoms with Crippen LogP contribution in [-0.4, -0.2) is 34.3 Å². The minimum absolute atomic E-state index is 0.0253. The van der Waals surface area contributed by atoms with E-state index in [4.69, 9.17) is 0 Å². The summed E-state index contributed by atoms with van der Waals surface area (Å²) in [6.07, 6.45) is 12.6. The second-order valence-corrected chi connectivity index (χ2v) is 11.3. The van der Waals surface area contributed by atoms with Crippen LogP contribution in [-0.2, 0) is 9.59 Å². The fourth-order valence-corrected chi connectivity index (χ4v) is 7.83. The van der Waals surface area contributed by atoms with Crippen LogP contribution in [0.4, 0.5) is 0 Å². The molecular formula is C28H35NO3. The number of carbonyl (C=O) groups is 2. The average Bonchev–Trinajstić information content (AvgIpc) is 3.35. The van der Waals surface area contributed by atoms with Gasteiger partial charge >= 0.3 is 0 Å². The lowest BCUT2D eigenvalue weighted by Gasteiger charge is -2.52. The molecule has 4 nitrogen and oxygen atoms in total. The SMILES string of the molecule is CC1=C[C@]2(C)[C@@H]3C(C)=C[C@@](C)(C=C(C)[C@@H]2C)[C@H](C=CC(O)=C2C(=O)C4CCCN4C2=O)[C@@H]13. The number of allylic oxidation sites excluding steroid dienone is 8. The predicted molar refractivity (Wildman–Crippen MR) is 126 cm³/mol. The molecule has 0 spiro atoms. The van der Waals surface area contributed by atoms with Crippen molar-refractivity contribution in [3.05, 3.63) is 58.4 Å². The van der Waals surface area contributed by atoms with E-state index < -0.39 is 0 Å². The van der Waals surface area contributed by atoms with Gasteiger partial charge in [-0.05, 0) is 68.8 Å². The minimum Gasteiger partial charge on any atom is -0.507 e. The Morgan fingerprint density at radius 1 is 1.09 bits per heavy atom. The molecule has 2 fully saturated rings. The lowest BCUT2D eigenvalue weighted by Crippen LogP contribution is -2.45. The van der Waals surface area contributed by atoms with E-state index in [-0.39, 0.29) is 45.8 Å². The number of rotatable bonds is 2. The van der Waals surface area contributed by atoms with Gasteiger partial charge in [-0.25, -0.2) is 0 Å². The Morgan fingerprint density at radius 3 is 2.47 bits per heavy atom. The highest BCUT2D eigenvalue weighted by molar-refractivity contribution is 6.27. The van der Waals surface area contributed by atoms with Crippen LogP contribution in [0.2, 0.25) is 0 Å². The lowest BCUT2D eigenvalue weighted by atomic mass is 9.51. The highest BCUT2D eigenvalue weighted by atomic mass is 16.3. The molecule has 32 heavy (non-hydrogen) atoms. The molecule has 5 aliphatic rings. The van der Waals surface area contributed by atoms with E-state index in [0.29, 0.717) is 30.7 Å². The molecule has 1 amide bonds. The third-order valence-corrected chi connectivity index (χ3v) is 9.38.